The molecule has 0 bridgehead atoms. The van der Waals surface area contributed by atoms with Crippen LogP contribution in [-0.4, -0.2) is 11.9 Å². The van der Waals surface area contributed by atoms with Crippen molar-refractivity contribution in [3.8, 4) is 0 Å². The zero-order valence-corrected chi connectivity index (χ0v) is 15.1. The number of benzene rings is 2. The first kappa shape index (κ1) is 20.2. The van der Waals surface area contributed by atoms with E-state index in [0.717, 1.165) is 18.4 Å². The number of rotatable bonds is 7. The van der Waals surface area contributed by atoms with Crippen molar-refractivity contribution in [1.82, 2.24) is 5.32 Å². The van der Waals surface area contributed by atoms with Gasteiger partial charge in [-0.15, -0.1) is 12.4 Å². The predicted molar refractivity (Wildman–Crippen MR) is 102 cm³/mol. The molecule has 0 heterocycles. The number of nitrogens with two attached hydrogens (primary N) is 1. The van der Waals surface area contributed by atoms with Crippen molar-refractivity contribution < 1.29 is 4.79 Å². The highest BCUT2D eigenvalue weighted by molar-refractivity contribution is 5.85. The maximum absolute atomic E-state index is 12.4. The van der Waals surface area contributed by atoms with Crippen LogP contribution in [0.4, 0.5) is 0 Å². The smallest absolute Gasteiger partial charge is 0.224 e. The summed E-state index contributed by atoms with van der Waals surface area (Å²) in [4.78, 5) is 12.4. The number of carbonyl (C=O) groups excluding carboxylic acids is 1. The van der Waals surface area contributed by atoms with Crippen LogP contribution in [0.15, 0.2) is 60.7 Å². The Morgan fingerprint density at radius 3 is 2.08 bits per heavy atom. The molecule has 2 aromatic rings. The quantitative estimate of drug-likeness (QED) is 0.799. The minimum Gasteiger partial charge on any atom is -0.349 e. The normalized spacial score (nSPS) is 14.1. The van der Waals surface area contributed by atoms with Gasteiger partial charge in [-0.05, 0) is 30.9 Å². The summed E-state index contributed by atoms with van der Waals surface area (Å²) in [5.41, 5.74) is 8.27. The first-order valence-electron chi connectivity index (χ1n) is 8.22. The third-order valence-corrected chi connectivity index (χ3v) is 4.29. The predicted octanol–water partition coefficient (Wildman–Crippen LogP) is 3.88. The van der Waals surface area contributed by atoms with E-state index in [1.54, 1.807) is 0 Å². The van der Waals surface area contributed by atoms with Crippen LogP contribution in [0.5, 0.6) is 0 Å². The van der Waals surface area contributed by atoms with Gasteiger partial charge in [0.25, 0.3) is 0 Å². The average molecular weight is 347 g/mol. The fourth-order valence-corrected chi connectivity index (χ4v) is 2.51. The second-order valence-electron chi connectivity index (χ2n) is 6.14. The molecule has 0 saturated heterocycles. The molecule has 3 N–H and O–H groups in total. The average Bonchev–Trinajstić information content (AvgIpc) is 2.59. The summed E-state index contributed by atoms with van der Waals surface area (Å²) in [5.74, 6) is -0.181. The van der Waals surface area contributed by atoms with Crippen LogP contribution in [0.25, 0.3) is 0 Å². The van der Waals surface area contributed by atoms with Gasteiger partial charge in [-0.1, -0.05) is 67.6 Å². The molecule has 0 aliphatic carbocycles. The highest BCUT2D eigenvalue weighted by Gasteiger charge is 2.21. The summed E-state index contributed by atoms with van der Waals surface area (Å²) in [7, 11) is 0. The molecule has 2 aromatic carbocycles. The molecule has 0 saturated carbocycles. The first-order chi connectivity index (χ1) is 11.1. The Labute approximate surface area is 151 Å². The van der Waals surface area contributed by atoms with E-state index in [4.69, 9.17) is 5.73 Å². The van der Waals surface area contributed by atoms with Gasteiger partial charge in [-0.25, -0.2) is 0 Å². The number of carbonyl (C=O) groups is 1. The highest BCUT2D eigenvalue weighted by atomic mass is 35.5. The van der Waals surface area contributed by atoms with Crippen LogP contribution < -0.4 is 11.1 Å². The van der Waals surface area contributed by atoms with Gasteiger partial charge >= 0.3 is 0 Å². The number of amides is 1. The van der Waals surface area contributed by atoms with Gasteiger partial charge < -0.3 is 11.1 Å². The lowest BCUT2D eigenvalue weighted by Gasteiger charge is -2.23. The number of hydrogen-bond donors (Lipinski definition) is 2. The fraction of sp³-hybridized carbons (Fsp3) is 0.350. The highest BCUT2D eigenvalue weighted by Crippen LogP contribution is 2.20. The topological polar surface area (TPSA) is 55.1 Å². The Bertz CT molecular complexity index is 602. The summed E-state index contributed by atoms with van der Waals surface area (Å²) in [6, 6.07) is 20.3. The molecule has 3 atom stereocenters. The van der Waals surface area contributed by atoms with E-state index in [-0.39, 0.29) is 36.3 Å². The van der Waals surface area contributed by atoms with E-state index in [1.165, 1.54) is 5.56 Å². The van der Waals surface area contributed by atoms with E-state index in [1.807, 2.05) is 50.2 Å². The second-order valence-corrected chi connectivity index (χ2v) is 6.14. The molecule has 0 radical (unpaired) electrons. The van der Waals surface area contributed by atoms with Crippen molar-refractivity contribution in [2.24, 2.45) is 11.7 Å². The molecule has 24 heavy (non-hydrogen) atoms. The Hall–Kier alpha value is -1.84. The lowest BCUT2D eigenvalue weighted by molar-refractivity contribution is -0.125. The molecule has 0 aliphatic heterocycles. The molecule has 1 amide bonds. The lowest BCUT2D eigenvalue weighted by atomic mass is 9.97. The maximum Gasteiger partial charge on any atom is 0.224 e. The third kappa shape index (κ3) is 5.99. The van der Waals surface area contributed by atoms with Gasteiger partial charge in [0.1, 0.15) is 0 Å². The molecule has 0 aliphatic rings. The van der Waals surface area contributed by atoms with E-state index in [9.17, 15) is 4.79 Å². The van der Waals surface area contributed by atoms with Crippen molar-refractivity contribution in [3.63, 3.8) is 0 Å². The molecule has 4 heteroatoms. The van der Waals surface area contributed by atoms with Crippen LogP contribution in [0.2, 0.25) is 0 Å². The standard InChI is InChI=1S/C20H26N2O.ClH/c1-15(16(2)21)20(23)22-19(18-11-7-4-8-12-18)14-13-17-9-5-3-6-10-17;/h3-12,15-16,19H,13-14,21H2,1-2H3,(H,22,23);1H. The van der Waals surface area contributed by atoms with Gasteiger partial charge in [0.2, 0.25) is 5.91 Å². The van der Waals surface area contributed by atoms with Crippen LogP contribution in [0.1, 0.15) is 37.4 Å². The second kappa shape index (κ2) is 10.1. The van der Waals surface area contributed by atoms with E-state index in [2.05, 4.69) is 29.6 Å². The molecule has 3 unspecified atom stereocenters. The number of aryl methyl sites for hydroxylation is 1. The van der Waals surface area contributed by atoms with Crippen molar-refractivity contribution in [1.29, 1.82) is 0 Å². The number of halogens is 1. The molecule has 0 spiro atoms. The van der Waals surface area contributed by atoms with Crippen LogP contribution in [-0.2, 0) is 11.2 Å². The van der Waals surface area contributed by atoms with E-state index in [0.29, 0.717) is 0 Å². The molecule has 130 valence electrons. The zero-order chi connectivity index (χ0) is 16.7. The summed E-state index contributed by atoms with van der Waals surface area (Å²) in [5, 5.41) is 3.17. The molecule has 0 aromatic heterocycles. The Morgan fingerprint density at radius 1 is 1.00 bits per heavy atom. The van der Waals surface area contributed by atoms with Crippen molar-refractivity contribution in [2.45, 2.75) is 38.8 Å². The summed E-state index contributed by atoms with van der Waals surface area (Å²) >= 11 is 0. The van der Waals surface area contributed by atoms with Gasteiger partial charge in [-0.2, -0.15) is 0 Å². The largest absolute Gasteiger partial charge is 0.349 e. The van der Waals surface area contributed by atoms with Crippen molar-refractivity contribution in [3.05, 3.63) is 71.8 Å². The van der Waals surface area contributed by atoms with Crippen LogP contribution >= 0.6 is 12.4 Å². The summed E-state index contributed by atoms with van der Waals surface area (Å²) in [6.07, 6.45) is 1.79. The molecular weight excluding hydrogens is 320 g/mol. The fourth-order valence-electron chi connectivity index (χ4n) is 2.51. The van der Waals surface area contributed by atoms with E-state index >= 15 is 0 Å². The third-order valence-electron chi connectivity index (χ3n) is 4.29. The zero-order valence-electron chi connectivity index (χ0n) is 14.3. The number of nitrogens with one attached hydrogen (secondary N) is 1. The van der Waals surface area contributed by atoms with Gasteiger partial charge in [-0.3, -0.25) is 4.79 Å². The van der Waals surface area contributed by atoms with Crippen molar-refractivity contribution >= 4 is 18.3 Å². The van der Waals surface area contributed by atoms with E-state index < -0.39 is 0 Å². The minimum absolute atomic E-state index is 0. The monoisotopic (exact) mass is 346 g/mol. The SMILES string of the molecule is CC(N)C(C)C(=O)NC(CCc1ccccc1)c1ccccc1.Cl. The molecule has 0 fully saturated rings. The molecular formula is C20H27ClN2O. The van der Waals surface area contributed by atoms with Gasteiger partial charge in [0.15, 0.2) is 0 Å². The Morgan fingerprint density at radius 2 is 1.54 bits per heavy atom. The van der Waals surface area contributed by atoms with Gasteiger partial charge in [0, 0.05) is 12.0 Å². The summed E-state index contributed by atoms with van der Waals surface area (Å²) in [6.45, 7) is 3.74. The minimum atomic E-state index is -0.196. The van der Waals surface area contributed by atoms with Crippen molar-refractivity contribution in [2.75, 3.05) is 0 Å². The molecule has 2 rings (SSSR count). The molecule has 3 nitrogen and oxygen atoms in total. The maximum atomic E-state index is 12.4. The van der Waals surface area contributed by atoms with Crippen LogP contribution in [0.3, 0.4) is 0 Å². The lowest BCUT2D eigenvalue weighted by Crippen LogP contribution is -2.40. The van der Waals surface area contributed by atoms with Gasteiger partial charge in [0.05, 0.1) is 6.04 Å². The Balaban J connectivity index is 0.00000288. The Kier molecular flexibility index (Phi) is 8.51. The van der Waals surface area contributed by atoms with Crippen LogP contribution in [0, 0.1) is 5.92 Å². The number of hydrogen-bond acceptors (Lipinski definition) is 2. The first-order valence-corrected chi connectivity index (χ1v) is 8.22. The summed E-state index contributed by atoms with van der Waals surface area (Å²) < 4.78 is 0.